The second-order valence-electron chi connectivity index (χ2n) is 4.86. The summed E-state index contributed by atoms with van der Waals surface area (Å²) in [6.45, 7) is 0. The Morgan fingerprint density at radius 3 is 2.50 bits per heavy atom. The summed E-state index contributed by atoms with van der Waals surface area (Å²) in [5.41, 5.74) is 1.05. The lowest BCUT2D eigenvalue weighted by atomic mass is 10.2. The molecule has 0 saturated heterocycles. The van der Waals surface area contributed by atoms with Gasteiger partial charge in [0.25, 0.3) is 5.91 Å². The number of nitrogens with zero attached hydrogens (tertiary/aromatic N) is 2. The van der Waals surface area contributed by atoms with Crippen LogP contribution in [0.15, 0.2) is 60.9 Å². The molecule has 24 heavy (non-hydrogen) atoms. The van der Waals surface area contributed by atoms with Crippen LogP contribution in [0.25, 0.3) is 0 Å². The predicted molar refractivity (Wildman–Crippen MR) is 91.1 cm³/mol. The fraction of sp³-hybridized carbons (Fsp3) is 0. The van der Waals surface area contributed by atoms with E-state index in [1.54, 1.807) is 30.3 Å². The van der Waals surface area contributed by atoms with Crippen molar-refractivity contribution < 1.29 is 9.18 Å². The Labute approximate surface area is 142 Å². The molecule has 120 valence electrons. The highest BCUT2D eigenvalue weighted by Crippen LogP contribution is 2.18. The van der Waals surface area contributed by atoms with Crippen molar-refractivity contribution in [1.29, 1.82) is 0 Å². The topological polar surface area (TPSA) is 66.9 Å². The van der Waals surface area contributed by atoms with Crippen LogP contribution in [0, 0.1) is 5.82 Å². The number of para-hydroxylation sites is 1. The molecule has 0 fully saturated rings. The van der Waals surface area contributed by atoms with Crippen LogP contribution in [-0.2, 0) is 0 Å². The van der Waals surface area contributed by atoms with E-state index in [-0.39, 0.29) is 11.3 Å². The molecule has 1 aromatic heterocycles. The third-order valence-corrected chi connectivity index (χ3v) is 3.35. The van der Waals surface area contributed by atoms with Gasteiger partial charge in [-0.15, -0.1) is 0 Å². The van der Waals surface area contributed by atoms with Crippen LogP contribution in [0.5, 0.6) is 0 Å². The number of hydrogen-bond donors (Lipinski definition) is 2. The highest BCUT2D eigenvalue weighted by molar-refractivity contribution is 6.30. The number of carbonyl (C=O) groups is 1. The van der Waals surface area contributed by atoms with Gasteiger partial charge in [0.15, 0.2) is 0 Å². The van der Waals surface area contributed by atoms with Crippen molar-refractivity contribution >= 4 is 34.8 Å². The number of aromatic nitrogens is 2. The lowest BCUT2D eigenvalue weighted by Gasteiger charge is -2.07. The largest absolute Gasteiger partial charge is 0.324 e. The van der Waals surface area contributed by atoms with E-state index in [1.165, 1.54) is 24.5 Å². The van der Waals surface area contributed by atoms with E-state index in [0.717, 1.165) is 5.69 Å². The van der Waals surface area contributed by atoms with Crippen molar-refractivity contribution in [1.82, 2.24) is 9.97 Å². The molecule has 0 unspecified atom stereocenters. The van der Waals surface area contributed by atoms with Crippen molar-refractivity contribution in [2.45, 2.75) is 0 Å². The van der Waals surface area contributed by atoms with Crippen LogP contribution in [0.2, 0.25) is 5.02 Å². The molecule has 3 rings (SSSR count). The number of anilines is 3. The normalized spacial score (nSPS) is 10.2. The second kappa shape index (κ2) is 7.06. The molecule has 0 radical (unpaired) electrons. The van der Waals surface area contributed by atoms with E-state index in [4.69, 9.17) is 11.6 Å². The predicted octanol–water partition coefficient (Wildman–Crippen LogP) is 4.27. The molecular weight excluding hydrogens is 331 g/mol. The van der Waals surface area contributed by atoms with Gasteiger partial charge in [-0.2, -0.15) is 0 Å². The van der Waals surface area contributed by atoms with E-state index in [1.807, 2.05) is 6.07 Å². The molecular formula is C17H12ClFN4O. The van der Waals surface area contributed by atoms with Crippen molar-refractivity contribution in [2.24, 2.45) is 0 Å². The quantitative estimate of drug-likeness (QED) is 0.743. The Morgan fingerprint density at radius 2 is 1.79 bits per heavy atom. The van der Waals surface area contributed by atoms with E-state index in [2.05, 4.69) is 20.6 Å². The maximum atomic E-state index is 13.5. The molecule has 5 nitrogen and oxygen atoms in total. The first-order chi connectivity index (χ1) is 11.6. The minimum atomic E-state index is -0.508. The number of rotatable bonds is 4. The van der Waals surface area contributed by atoms with Crippen molar-refractivity contribution in [2.75, 3.05) is 10.6 Å². The Hall–Kier alpha value is -2.99. The Kier molecular flexibility index (Phi) is 4.67. The Morgan fingerprint density at radius 1 is 1.04 bits per heavy atom. The minimum absolute atomic E-state index is 0.101. The van der Waals surface area contributed by atoms with Crippen LogP contribution in [-0.4, -0.2) is 15.9 Å². The summed E-state index contributed by atoms with van der Waals surface area (Å²) in [5.74, 6) is -0.680. The van der Waals surface area contributed by atoms with Gasteiger partial charge in [0, 0.05) is 23.1 Å². The lowest BCUT2D eigenvalue weighted by Crippen LogP contribution is -2.14. The molecule has 1 heterocycles. The standard InChI is InChI=1S/C17H12ClFN4O/c18-12-4-3-5-13(8-12)22-17-20-9-11(10-21-17)16(24)23-15-7-2-1-6-14(15)19/h1-10H,(H,23,24)(H,20,21,22). The van der Waals surface area contributed by atoms with Crippen LogP contribution < -0.4 is 10.6 Å². The van der Waals surface area contributed by atoms with Gasteiger partial charge in [-0.05, 0) is 30.3 Å². The maximum Gasteiger partial charge on any atom is 0.258 e. The molecule has 2 aromatic carbocycles. The van der Waals surface area contributed by atoms with Gasteiger partial charge < -0.3 is 10.6 Å². The van der Waals surface area contributed by atoms with Gasteiger partial charge in [-0.3, -0.25) is 4.79 Å². The number of halogens is 2. The van der Waals surface area contributed by atoms with Gasteiger partial charge in [0.05, 0.1) is 11.3 Å². The highest BCUT2D eigenvalue weighted by atomic mass is 35.5. The first-order valence-electron chi connectivity index (χ1n) is 7.02. The molecule has 0 aliphatic heterocycles. The molecule has 7 heteroatoms. The molecule has 0 saturated carbocycles. The summed E-state index contributed by atoms with van der Waals surface area (Å²) in [6.07, 6.45) is 2.71. The number of carbonyl (C=O) groups excluding carboxylic acids is 1. The zero-order valence-corrected chi connectivity index (χ0v) is 13.1. The van der Waals surface area contributed by atoms with Crippen LogP contribution >= 0.6 is 11.6 Å². The Balaban J connectivity index is 1.70. The highest BCUT2D eigenvalue weighted by Gasteiger charge is 2.10. The van der Waals surface area contributed by atoms with E-state index < -0.39 is 11.7 Å². The van der Waals surface area contributed by atoms with Gasteiger partial charge in [-0.1, -0.05) is 29.8 Å². The second-order valence-corrected chi connectivity index (χ2v) is 5.30. The first-order valence-corrected chi connectivity index (χ1v) is 7.40. The molecule has 0 aliphatic rings. The summed E-state index contributed by atoms with van der Waals surface area (Å²) in [4.78, 5) is 20.2. The third-order valence-electron chi connectivity index (χ3n) is 3.12. The van der Waals surface area contributed by atoms with Crippen molar-refractivity contribution in [3.63, 3.8) is 0 Å². The zero-order chi connectivity index (χ0) is 16.9. The van der Waals surface area contributed by atoms with Crippen LogP contribution in [0.3, 0.4) is 0 Å². The van der Waals surface area contributed by atoms with E-state index >= 15 is 0 Å². The van der Waals surface area contributed by atoms with Gasteiger partial charge in [-0.25, -0.2) is 14.4 Å². The minimum Gasteiger partial charge on any atom is -0.324 e. The Bertz CT molecular complexity index is 870. The van der Waals surface area contributed by atoms with Gasteiger partial charge in [0.1, 0.15) is 5.82 Å². The molecule has 0 atom stereocenters. The van der Waals surface area contributed by atoms with Gasteiger partial charge >= 0.3 is 0 Å². The number of amides is 1. The zero-order valence-electron chi connectivity index (χ0n) is 12.3. The summed E-state index contributed by atoms with van der Waals surface area (Å²) in [6, 6.07) is 13.0. The smallest absolute Gasteiger partial charge is 0.258 e. The van der Waals surface area contributed by atoms with Crippen molar-refractivity contribution in [3.05, 3.63) is 77.3 Å². The summed E-state index contributed by atoms with van der Waals surface area (Å²) >= 11 is 5.90. The van der Waals surface area contributed by atoms with Crippen LogP contribution in [0.1, 0.15) is 10.4 Å². The fourth-order valence-corrected chi connectivity index (χ4v) is 2.15. The molecule has 0 spiro atoms. The molecule has 3 aromatic rings. The average Bonchev–Trinajstić information content (AvgIpc) is 2.57. The fourth-order valence-electron chi connectivity index (χ4n) is 1.96. The van der Waals surface area contributed by atoms with E-state index in [0.29, 0.717) is 11.0 Å². The average molecular weight is 343 g/mol. The molecule has 2 N–H and O–H groups in total. The summed E-state index contributed by atoms with van der Waals surface area (Å²) < 4.78 is 13.5. The third kappa shape index (κ3) is 3.85. The number of nitrogens with one attached hydrogen (secondary N) is 2. The summed E-state index contributed by atoms with van der Waals surface area (Å²) in [5, 5.41) is 6.03. The molecule has 1 amide bonds. The number of hydrogen-bond acceptors (Lipinski definition) is 4. The van der Waals surface area contributed by atoms with Crippen LogP contribution in [0.4, 0.5) is 21.7 Å². The molecule has 0 bridgehead atoms. The SMILES string of the molecule is O=C(Nc1ccccc1F)c1cnc(Nc2cccc(Cl)c2)nc1. The lowest BCUT2D eigenvalue weighted by molar-refractivity contribution is 0.102. The van der Waals surface area contributed by atoms with Crippen molar-refractivity contribution in [3.8, 4) is 0 Å². The molecule has 0 aliphatic carbocycles. The monoisotopic (exact) mass is 342 g/mol. The first kappa shape index (κ1) is 15.9. The number of benzene rings is 2. The van der Waals surface area contributed by atoms with E-state index in [9.17, 15) is 9.18 Å². The summed E-state index contributed by atoms with van der Waals surface area (Å²) in [7, 11) is 0. The maximum absolute atomic E-state index is 13.5. The van der Waals surface area contributed by atoms with Gasteiger partial charge in [0.2, 0.25) is 5.95 Å².